The van der Waals surface area contributed by atoms with Gasteiger partial charge in [-0.3, -0.25) is 14.9 Å². The fraction of sp³-hybridized carbons (Fsp3) is 0.0833. The van der Waals surface area contributed by atoms with E-state index in [2.05, 4.69) is 5.32 Å². The first-order valence-electron chi connectivity index (χ1n) is 9.67. The largest absolute Gasteiger partial charge is 0.478 e. The number of aryl methyl sites for hydroxylation is 2. The molecule has 0 radical (unpaired) electrons. The first-order chi connectivity index (χ1) is 15.2. The summed E-state index contributed by atoms with van der Waals surface area (Å²) in [5, 5.41) is 11.4. The van der Waals surface area contributed by atoms with Crippen molar-refractivity contribution in [3.05, 3.63) is 82.6 Å². The second-order valence-corrected chi connectivity index (χ2v) is 7.33. The second kappa shape index (κ2) is 7.99. The Morgan fingerprint density at radius 2 is 1.72 bits per heavy atom. The normalized spacial score (nSPS) is 15.2. The Bertz CT molecular complexity index is 1300. The van der Waals surface area contributed by atoms with Gasteiger partial charge in [-0.05, 0) is 61.9 Å². The lowest BCUT2D eigenvalue weighted by molar-refractivity contribution is -0.122. The maximum atomic E-state index is 13.0. The van der Waals surface area contributed by atoms with Gasteiger partial charge in [0.2, 0.25) is 0 Å². The molecule has 1 aliphatic heterocycles. The average molecular weight is 430 g/mol. The van der Waals surface area contributed by atoms with E-state index in [1.54, 1.807) is 42.5 Å². The molecular formula is C24H18N2O6. The molecule has 4 rings (SSSR count). The number of hydrogen-bond acceptors (Lipinski definition) is 5. The molecule has 160 valence electrons. The number of hydrogen-bond donors (Lipinski definition) is 2. The molecule has 0 bridgehead atoms. The highest BCUT2D eigenvalue weighted by Gasteiger charge is 2.37. The molecule has 8 nitrogen and oxygen atoms in total. The van der Waals surface area contributed by atoms with Crippen molar-refractivity contribution in [2.75, 3.05) is 4.90 Å². The van der Waals surface area contributed by atoms with E-state index in [0.29, 0.717) is 17.0 Å². The van der Waals surface area contributed by atoms with Gasteiger partial charge in [-0.1, -0.05) is 23.8 Å². The van der Waals surface area contributed by atoms with E-state index in [1.165, 1.54) is 18.2 Å². The average Bonchev–Trinajstić information content (AvgIpc) is 3.21. The van der Waals surface area contributed by atoms with Gasteiger partial charge in [-0.2, -0.15) is 0 Å². The van der Waals surface area contributed by atoms with Crippen LogP contribution in [0.2, 0.25) is 0 Å². The third-order valence-corrected chi connectivity index (χ3v) is 5.06. The number of imide groups is 2. The van der Waals surface area contributed by atoms with E-state index in [0.717, 1.165) is 16.0 Å². The summed E-state index contributed by atoms with van der Waals surface area (Å²) in [5.41, 5.74) is 2.50. The van der Waals surface area contributed by atoms with E-state index >= 15 is 0 Å². The highest BCUT2D eigenvalue weighted by Crippen LogP contribution is 2.29. The van der Waals surface area contributed by atoms with E-state index in [1.807, 2.05) is 13.8 Å². The molecule has 0 aliphatic carbocycles. The number of aromatic carboxylic acids is 1. The molecule has 32 heavy (non-hydrogen) atoms. The zero-order valence-corrected chi connectivity index (χ0v) is 17.2. The maximum absolute atomic E-state index is 13.0. The number of furan rings is 1. The van der Waals surface area contributed by atoms with Crippen LogP contribution in [0, 0.1) is 13.8 Å². The number of carboxylic acids is 1. The summed E-state index contributed by atoms with van der Waals surface area (Å²) in [5.74, 6) is -2.08. The first-order valence-corrected chi connectivity index (χ1v) is 9.67. The van der Waals surface area contributed by atoms with Crippen LogP contribution < -0.4 is 10.2 Å². The molecule has 3 aromatic rings. The number of carbonyl (C=O) groups excluding carboxylic acids is 3. The monoisotopic (exact) mass is 430 g/mol. The van der Waals surface area contributed by atoms with Crippen molar-refractivity contribution < 1.29 is 28.7 Å². The Kier molecular flexibility index (Phi) is 5.19. The van der Waals surface area contributed by atoms with Crippen LogP contribution in [0.3, 0.4) is 0 Å². The zero-order valence-electron chi connectivity index (χ0n) is 17.2. The van der Waals surface area contributed by atoms with Crippen molar-refractivity contribution in [1.29, 1.82) is 0 Å². The number of amides is 4. The topological polar surface area (TPSA) is 117 Å². The van der Waals surface area contributed by atoms with Gasteiger partial charge in [0.1, 0.15) is 17.1 Å². The fourth-order valence-corrected chi connectivity index (χ4v) is 3.32. The van der Waals surface area contributed by atoms with Crippen LogP contribution in [-0.4, -0.2) is 28.9 Å². The van der Waals surface area contributed by atoms with Gasteiger partial charge in [0.05, 0.1) is 11.3 Å². The van der Waals surface area contributed by atoms with Crippen molar-refractivity contribution in [3.8, 4) is 11.3 Å². The minimum Gasteiger partial charge on any atom is -0.478 e. The Morgan fingerprint density at radius 1 is 1.00 bits per heavy atom. The molecule has 0 spiro atoms. The van der Waals surface area contributed by atoms with E-state index in [9.17, 15) is 24.3 Å². The van der Waals surface area contributed by atoms with Gasteiger partial charge < -0.3 is 9.52 Å². The number of carboxylic acid groups (broad SMARTS) is 1. The lowest BCUT2D eigenvalue weighted by Crippen LogP contribution is -2.54. The molecule has 1 aliphatic rings. The zero-order chi connectivity index (χ0) is 23.0. The molecular weight excluding hydrogens is 412 g/mol. The summed E-state index contributed by atoms with van der Waals surface area (Å²) < 4.78 is 5.76. The number of rotatable bonds is 4. The maximum Gasteiger partial charge on any atom is 0.335 e. The van der Waals surface area contributed by atoms with Crippen molar-refractivity contribution in [3.63, 3.8) is 0 Å². The van der Waals surface area contributed by atoms with Gasteiger partial charge in [-0.25, -0.2) is 14.5 Å². The molecule has 1 fully saturated rings. The number of nitrogens with zero attached hydrogens (tertiary/aromatic N) is 1. The lowest BCUT2D eigenvalue weighted by atomic mass is 10.0. The quantitative estimate of drug-likeness (QED) is 0.479. The number of anilines is 1. The Balaban J connectivity index is 1.69. The second-order valence-electron chi connectivity index (χ2n) is 7.33. The van der Waals surface area contributed by atoms with E-state index < -0.39 is 23.8 Å². The van der Waals surface area contributed by atoms with Gasteiger partial charge in [0, 0.05) is 5.56 Å². The van der Waals surface area contributed by atoms with Crippen LogP contribution in [0.4, 0.5) is 10.5 Å². The Morgan fingerprint density at radius 3 is 2.41 bits per heavy atom. The summed E-state index contributed by atoms with van der Waals surface area (Å²) >= 11 is 0. The Hall–Kier alpha value is -4.46. The van der Waals surface area contributed by atoms with Crippen molar-refractivity contribution in [2.24, 2.45) is 0 Å². The lowest BCUT2D eigenvalue weighted by Gasteiger charge is -2.26. The Labute approximate surface area is 182 Å². The number of benzene rings is 2. The highest BCUT2D eigenvalue weighted by molar-refractivity contribution is 6.39. The van der Waals surface area contributed by atoms with Crippen molar-refractivity contribution in [2.45, 2.75) is 13.8 Å². The first kappa shape index (κ1) is 20.8. The standard InChI is InChI=1S/C24H18N2O6/c1-13-3-7-16(8-4-13)26-22(28)19(21(27)25-24(26)31)12-17-9-10-20(32-17)18-11-15(23(29)30)6-5-14(18)2/h3-12H,1-2H3,(H,29,30)(H,25,27,31). The molecule has 2 aromatic carbocycles. The molecule has 2 heterocycles. The summed E-state index contributed by atoms with van der Waals surface area (Å²) in [6.07, 6.45) is 1.26. The molecule has 1 saturated heterocycles. The van der Waals surface area contributed by atoms with Crippen molar-refractivity contribution >= 4 is 35.6 Å². The fourth-order valence-electron chi connectivity index (χ4n) is 3.32. The molecule has 1 aromatic heterocycles. The SMILES string of the molecule is Cc1ccc(N2C(=O)NC(=O)C(=Cc3ccc(-c4cc(C(=O)O)ccc4C)o3)C2=O)cc1. The summed E-state index contributed by atoms with van der Waals surface area (Å²) in [7, 11) is 0. The third-order valence-electron chi connectivity index (χ3n) is 5.06. The minimum atomic E-state index is -1.06. The third kappa shape index (κ3) is 3.81. The van der Waals surface area contributed by atoms with Crippen LogP contribution >= 0.6 is 0 Å². The van der Waals surface area contributed by atoms with Gasteiger partial charge >= 0.3 is 12.0 Å². The number of nitrogens with one attached hydrogen (secondary N) is 1. The van der Waals surface area contributed by atoms with E-state index in [-0.39, 0.29) is 16.9 Å². The number of urea groups is 1. The molecule has 2 N–H and O–H groups in total. The summed E-state index contributed by atoms with van der Waals surface area (Å²) in [6.45, 7) is 3.68. The molecule has 4 amide bonds. The van der Waals surface area contributed by atoms with E-state index in [4.69, 9.17) is 4.42 Å². The molecule has 0 saturated carbocycles. The predicted octanol–water partition coefficient (Wildman–Crippen LogP) is 3.93. The highest BCUT2D eigenvalue weighted by atomic mass is 16.4. The van der Waals surface area contributed by atoms with Gasteiger partial charge in [0.15, 0.2) is 0 Å². The van der Waals surface area contributed by atoms with Gasteiger partial charge in [0.25, 0.3) is 11.8 Å². The van der Waals surface area contributed by atoms with Crippen LogP contribution in [0.15, 0.2) is 64.6 Å². The molecule has 8 heteroatoms. The summed E-state index contributed by atoms with van der Waals surface area (Å²) in [4.78, 5) is 49.7. The van der Waals surface area contributed by atoms with Gasteiger partial charge in [-0.15, -0.1) is 0 Å². The minimum absolute atomic E-state index is 0.107. The van der Waals surface area contributed by atoms with Crippen LogP contribution in [-0.2, 0) is 9.59 Å². The smallest absolute Gasteiger partial charge is 0.335 e. The van der Waals surface area contributed by atoms with Crippen molar-refractivity contribution in [1.82, 2.24) is 5.32 Å². The predicted molar refractivity (Wildman–Crippen MR) is 116 cm³/mol. The molecule has 0 unspecified atom stereocenters. The molecule has 0 atom stereocenters. The van der Waals surface area contributed by atoms with Crippen LogP contribution in [0.5, 0.6) is 0 Å². The number of barbiturate groups is 1. The number of carbonyl (C=O) groups is 4. The van der Waals surface area contributed by atoms with Crippen LogP contribution in [0.1, 0.15) is 27.2 Å². The van der Waals surface area contributed by atoms with Crippen LogP contribution in [0.25, 0.3) is 17.4 Å². The summed E-state index contributed by atoms with van der Waals surface area (Å²) in [6, 6.07) is 13.7.